The van der Waals surface area contributed by atoms with Crippen molar-refractivity contribution < 1.29 is 18.0 Å². The maximum Gasteiger partial charge on any atom is 0.416 e. The number of benzene rings is 1. The minimum atomic E-state index is -4.33. The zero-order valence-corrected chi connectivity index (χ0v) is 10.2. The molecule has 5 heteroatoms. The fraction of sp³-hybridized carbons (Fsp3) is 0.462. The van der Waals surface area contributed by atoms with E-state index in [1.54, 1.807) is 0 Å². The second-order valence-corrected chi connectivity index (χ2v) is 4.07. The lowest BCUT2D eigenvalue weighted by molar-refractivity contribution is -0.137. The van der Waals surface area contributed by atoms with E-state index in [9.17, 15) is 18.0 Å². The Morgan fingerprint density at radius 2 is 1.83 bits per heavy atom. The van der Waals surface area contributed by atoms with Crippen LogP contribution in [0, 0.1) is 0 Å². The SMILES string of the molecule is CCCCNC(=O)Cc1ccc(C(F)(F)F)cc1. The van der Waals surface area contributed by atoms with Crippen LogP contribution in [-0.4, -0.2) is 12.5 Å². The third-order valence-corrected chi connectivity index (χ3v) is 2.50. The van der Waals surface area contributed by atoms with Crippen LogP contribution in [0.25, 0.3) is 0 Å². The summed E-state index contributed by atoms with van der Waals surface area (Å²) in [6, 6.07) is 4.66. The maximum absolute atomic E-state index is 12.3. The summed E-state index contributed by atoms with van der Waals surface area (Å²) in [6.45, 7) is 2.62. The molecule has 0 heterocycles. The summed E-state index contributed by atoms with van der Waals surface area (Å²) in [6.07, 6.45) is -2.33. The summed E-state index contributed by atoms with van der Waals surface area (Å²) in [5.74, 6) is -0.164. The lowest BCUT2D eigenvalue weighted by Gasteiger charge is -2.08. The fourth-order valence-corrected chi connectivity index (χ4v) is 1.46. The van der Waals surface area contributed by atoms with E-state index >= 15 is 0 Å². The van der Waals surface area contributed by atoms with Gasteiger partial charge in [0, 0.05) is 6.54 Å². The van der Waals surface area contributed by atoms with Gasteiger partial charge in [-0.05, 0) is 24.1 Å². The molecule has 0 aliphatic heterocycles. The summed E-state index contributed by atoms with van der Waals surface area (Å²) in [5.41, 5.74) is -0.116. The first kappa shape index (κ1) is 14.5. The molecule has 0 atom stereocenters. The van der Waals surface area contributed by atoms with Crippen LogP contribution in [-0.2, 0) is 17.4 Å². The molecule has 1 N–H and O–H groups in total. The Morgan fingerprint density at radius 3 is 2.33 bits per heavy atom. The first-order chi connectivity index (χ1) is 8.43. The lowest BCUT2D eigenvalue weighted by atomic mass is 10.1. The topological polar surface area (TPSA) is 29.1 Å². The number of rotatable bonds is 5. The van der Waals surface area contributed by atoms with Crippen molar-refractivity contribution in [2.24, 2.45) is 0 Å². The molecule has 1 rings (SSSR count). The number of hydrogen-bond donors (Lipinski definition) is 1. The maximum atomic E-state index is 12.3. The van der Waals surface area contributed by atoms with Gasteiger partial charge in [-0.3, -0.25) is 4.79 Å². The Bertz CT molecular complexity index is 384. The molecule has 100 valence electrons. The van der Waals surface area contributed by atoms with Gasteiger partial charge >= 0.3 is 6.18 Å². The average molecular weight is 259 g/mol. The zero-order valence-electron chi connectivity index (χ0n) is 10.2. The number of amides is 1. The van der Waals surface area contributed by atoms with Gasteiger partial charge in [-0.1, -0.05) is 25.5 Å². The van der Waals surface area contributed by atoms with Gasteiger partial charge in [-0.15, -0.1) is 0 Å². The number of hydrogen-bond acceptors (Lipinski definition) is 1. The predicted octanol–water partition coefficient (Wildman–Crippen LogP) is 3.16. The van der Waals surface area contributed by atoms with Crippen molar-refractivity contribution in [2.75, 3.05) is 6.54 Å². The van der Waals surface area contributed by atoms with Crippen molar-refractivity contribution in [2.45, 2.75) is 32.4 Å². The van der Waals surface area contributed by atoms with E-state index in [4.69, 9.17) is 0 Å². The highest BCUT2D eigenvalue weighted by molar-refractivity contribution is 5.78. The van der Waals surface area contributed by atoms with Crippen LogP contribution in [0.15, 0.2) is 24.3 Å². The van der Waals surface area contributed by atoms with Crippen LogP contribution >= 0.6 is 0 Å². The highest BCUT2D eigenvalue weighted by atomic mass is 19.4. The van der Waals surface area contributed by atoms with Crippen LogP contribution in [0.3, 0.4) is 0 Å². The molecule has 0 aliphatic rings. The van der Waals surface area contributed by atoms with Crippen LogP contribution in [0.4, 0.5) is 13.2 Å². The molecule has 2 nitrogen and oxygen atoms in total. The predicted molar refractivity (Wildman–Crippen MR) is 63.1 cm³/mol. The molecule has 1 aromatic rings. The molecular weight excluding hydrogens is 243 g/mol. The van der Waals surface area contributed by atoms with E-state index in [-0.39, 0.29) is 12.3 Å². The third kappa shape index (κ3) is 4.77. The van der Waals surface area contributed by atoms with Crippen molar-refractivity contribution in [3.05, 3.63) is 35.4 Å². The van der Waals surface area contributed by atoms with Crippen LogP contribution < -0.4 is 5.32 Å². The summed E-state index contributed by atoms with van der Waals surface area (Å²) >= 11 is 0. The Kier molecular flexibility index (Phi) is 5.19. The Morgan fingerprint density at radius 1 is 1.22 bits per heavy atom. The van der Waals surface area contributed by atoms with Crippen LogP contribution in [0.5, 0.6) is 0 Å². The van der Waals surface area contributed by atoms with Gasteiger partial charge in [0.05, 0.1) is 12.0 Å². The summed E-state index contributed by atoms with van der Waals surface area (Å²) in [4.78, 5) is 11.4. The standard InChI is InChI=1S/C13H16F3NO/c1-2-3-8-17-12(18)9-10-4-6-11(7-5-10)13(14,15)16/h4-7H,2-3,8-9H2,1H3,(H,17,18). The van der Waals surface area contributed by atoms with Gasteiger partial charge in [-0.25, -0.2) is 0 Å². The van der Waals surface area contributed by atoms with E-state index in [0.29, 0.717) is 12.1 Å². The molecule has 0 spiro atoms. The molecule has 18 heavy (non-hydrogen) atoms. The average Bonchev–Trinajstić information content (AvgIpc) is 2.29. The van der Waals surface area contributed by atoms with Crippen molar-refractivity contribution >= 4 is 5.91 Å². The normalized spacial score (nSPS) is 11.3. The first-order valence-corrected chi connectivity index (χ1v) is 5.86. The van der Waals surface area contributed by atoms with E-state index in [0.717, 1.165) is 25.0 Å². The molecular formula is C13H16F3NO. The minimum Gasteiger partial charge on any atom is -0.356 e. The van der Waals surface area contributed by atoms with E-state index in [2.05, 4.69) is 5.32 Å². The molecule has 0 bridgehead atoms. The van der Waals surface area contributed by atoms with Gasteiger partial charge in [0.25, 0.3) is 0 Å². The molecule has 0 radical (unpaired) electrons. The molecule has 0 aromatic heterocycles. The molecule has 0 unspecified atom stereocenters. The number of carbonyl (C=O) groups excluding carboxylic acids is 1. The third-order valence-electron chi connectivity index (χ3n) is 2.50. The van der Waals surface area contributed by atoms with Crippen molar-refractivity contribution in [1.29, 1.82) is 0 Å². The Hall–Kier alpha value is -1.52. The van der Waals surface area contributed by atoms with Crippen LogP contribution in [0.1, 0.15) is 30.9 Å². The van der Waals surface area contributed by atoms with Crippen LogP contribution in [0.2, 0.25) is 0 Å². The summed E-state index contributed by atoms with van der Waals surface area (Å²) in [5, 5.41) is 2.72. The molecule has 0 saturated heterocycles. The quantitative estimate of drug-likeness (QED) is 0.808. The summed E-state index contributed by atoms with van der Waals surface area (Å²) in [7, 11) is 0. The van der Waals surface area contributed by atoms with Gasteiger partial charge in [-0.2, -0.15) is 13.2 Å². The van der Waals surface area contributed by atoms with Crippen molar-refractivity contribution in [3.8, 4) is 0 Å². The highest BCUT2D eigenvalue weighted by Gasteiger charge is 2.29. The second kappa shape index (κ2) is 6.42. The second-order valence-electron chi connectivity index (χ2n) is 4.07. The number of carbonyl (C=O) groups is 1. The molecule has 0 fully saturated rings. The molecule has 0 aliphatic carbocycles. The van der Waals surface area contributed by atoms with Crippen molar-refractivity contribution in [3.63, 3.8) is 0 Å². The number of alkyl halides is 3. The highest BCUT2D eigenvalue weighted by Crippen LogP contribution is 2.29. The van der Waals surface area contributed by atoms with Gasteiger partial charge < -0.3 is 5.32 Å². The molecule has 1 aromatic carbocycles. The van der Waals surface area contributed by atoms with Gasteiger partial charge in [0.2, 0.25) is 5.91 Å². The minimum absolute atomic E-state index is 0.113. The smallest absolute Gasteiger partial charge is 0.356 e. The Balaban J connectivity index is 2.51. The number of nitrogens with one attached hydrogen (secondary N) is 1. The number of unbranched alkanes of at least 4 members (excludes halogenated alkanes) is 1. The van der Waals surface area contributed by atoms with Crippen molar-refractivity contribution in [1.82, 2.24) is 5.32 Å². The largest absolute Gasteiger partial charge is 0.416 e. The zero-order chi connectivity index (χ0) is 13.6. The molecule has 1 amide bonds. The monoisotopic (exact) mass is 259 g/mol. The van der Waals surface area contributed by atoms with Gasteiger partial charge in [0.15, 0.2) is 0 Å². The first-order valence-electron chi connectivity index (χ1n) is 5.86. The Labute approximate surface area is 104 Å². The number of halogens is 3. The fourth-order valence-electron chi connectivity index (χ4n) is 1.46. The molecule has 0 saturated carbocycles. The van der Waals surface area contributed by atoms with E-state index in [1.807, 2.05) is 6.92 Å². The van der Waals surface area contributed by atoms with Gasteiger partial charge in [0.1, 0.15) is 0 Å². The van der Waals surface area contributed by atoms with E-state index < -0.39 is 11.7 Å². The lowest BCUT2D eigenvalue weighted by Crippen LogP contribution is -2.25. The van der Waals surface area contributed by atoms with E-state index in [1.165, 1.54) is 12.1 Å². The summed E-state index contributed by atoms with van der Waals surface area (Å²) < 4.78 is 36.9.